The van der Waals surface area contributed by atoms with Gasteiger partial charge in [0.2, 0.25) is 5.91 Å². The summed E-state index contributed by atoms with van der Waals surface area (Å²) in [6, 6.07) is 26.3. The first-order valence-electron chi connectivity index (χ1n) is 14.4. The zero-order valence-corrected chi connectivity index (χ0v) is 27.2. The number of fused-ring (bicyclic) bond motifs is 1. The molecule has 0 aromatic heterocycles. The van der Waals surface area contributed by atoms with Crippen LogP contribution in [0.3, 0.4) is 0 Å². The minimum Gasteiger partial charge on any atom is -0.497 e. The van der Waals surface area contributed by atoms with Crippen LogP contribution in [0.1, 0.15) is 29.8 Å². The van der Waals surface area contributed by atoms with Crippen LogP contribution in [0.2, 0.25) is 0 Å². The lowest BCUT2D eigenvalue weighted by atomic mass is 10.0. The van der Waals surface area contributed by atoms with Crippen molar-refractivity contribution in [1.82, 2.24) is 10.0 Å². The lowest BCUT2D eigenvalue weighted by molar-refractivity contribution is -0.129. The number of carbonyl (C=O) groups is 3. The third kappa shape index (κ3) is 7.25. The number of nitrogens with two attached hydrogens (primary N) is 1. The molecule has 0 bridgehead atoms. The van der Waals surface area contributed by atoms with Crippen LogP contribution < -0.4 is 25.4 Å². The number of ether oxygens (including phenoxy) is 1. The van der Waals surface area contributed by atoms with Crippen molar-refractivity contribution in [2.24, 2.45) is 5.73 Å². The number of nitrogens with one attached hydrogen (secondary N) is 2. The molecule has 3 amide bonds. The highest BCUT2D eigenvalue weighted by molar-refractivity contribution is 7.99. The van der Waals surface area contributed by atoms with Crippen molar-refractivity contribution in [3.05, 3.63) is 108 Å². The molecule has 10 nitrogen and oxygen atoms in total. The second kappa shape index (κ2) is 13.4. The number of hydrogen-bond acceptors (Lipinski definition) is 8. The van der Waals surface area contributed by atoms with E-state index in [4.69, 9.17) is 10.5 Å². The summed E-state index contributed by atoms with van der Waals surface area (Å²) in [5.41, 5.74) is 7.52. The van der Waals surface area contributed by atoms with Gasteiger partial charge in [0, 0.05) is 21.8 Å². The molecule has 12 heteroatoms. The number of carbonyl (C=O) groups excluding carboxylic acids is 3. The van der Waals surface area contributed by atoms with Crippen LogP contribution in [0, 0.1) is 0 Å². The van der Waals surface area contributed by atoms with Gasteiger partial charge in [0.05, 0.1) is 29.8 Å². The van der Waals surface area contributed by atoms with E-state index in [-0.39, 0.29) is 22.9 Å². The molecule has 0 saturated carbocycles. The zero-order valence-electron chi connectivity index (χ0n) is 25.5. The molecule has 1 atom stereocenters. The molecule has 4 N–H and O–H groups in total. The summed E-state index contributed by atoms with van der Waals surface area (Å²) in [5.74, 6) is -0.505. The predicted octanol–water partition coefficient (Wildman–Crippen LogP) is 4.34. The Morgan fingerprint density at radius 1 is 0.978 bits per heavy atom. The van der Waals surface area contributed by atoms with Crippen molar-refractivity contribution in [3.8, 4) is 16.9 Å². The molecule has 4 aromatic rings. The fourth-order valence-electron chi connectivity index (χ4n) is 4.86. The molecule has 238 valence electrons. The number of rotatable bonds is 9. The molecule has 0 radical (unpaired) electrons. The van der Waals surface area contributed by atoms with E-state index in [0.717, 1.165) is 10.5 Å². The summed E-state index contributed by atoms with van der Waals surface area (Å²) >= 11 is 1.44. The van der Waals surface area contributed by atoms with E-state index in [0.29, 0.717) is 28.3 Å². The van der Waals surface area contributed by atoms with Crippen LogP contribution in [-0.4, -0.2) is 50.6 Å². The van der Waals surface area contributed by atoms with Crippen molar-refractivity contribution < 1.29 is 27.5 Å². The van der Waals surface area contributed by atoms with Crippen LogP contribution >= 0.6 is 11.8 Å². The Morgan fingerprint density at radius 3 is 2.33 bits per heavy atom. The maximum atomic E-state index is 13.9. The molecule has 5 rings (SSSR count). The maximum absolute atomic E-state index is 13.9. The van der Waals surface area contributed by atoms with Crippen LogP contribution in [0.15, 0.2) is 107 Å². The first-order chi connectivity index (χ1) is 21.9. The van der Waals surface area contributed by atoms with Crippen molar-refractivity contribution in [1.29, 1.82) is 0 Å². The molecule has 0 unspecified atom stereocenters. The van der Waals surface area contributed by atoms with Gasteiger partial charge in [-0.1, -0.05) is 60.7 Å². The molecule has 1 aliphatic heterocycles. The van der Waals surface area contributed by atoms with E-state index in [1.807, 2.05) is 24.3 Å². The molecule has 1 aliphatic rings. The summed E-state index contributed by atoms with van der Waals surface area (Å²) < 4.78 is 34.2. The number of amides is 3. The number of sulfonamides is 1. The standard InChI is InChI=1S/C34H34N4O6S2/c1-34(2,35)33(41)36-27-21-45-29-19-25(44-3)17-18-28(29)38(32(27)40)20-22-13-15-23(16-14-22)26-11-7-8-12-30(26)46(42,43)37-31(39)24-9-5-4-6-10-24/h4-19,27H,20-21,35H2,1-3H3,(H,36,41)(H,37,39)/t27-/m1/s1. The number of hydrogen-bond donors (Lipinski definition) is 3. The van der Waals surface area contributed by atoms with Crippen molar-refractivity contribution in [2.45, 2.75) is 41.8 Å². The van der Waals surface area contributed by atoms with Crippen LogP contribution in [0.5, 0.6) is 5.75 Å². The van der Waals surface area contributed by atoms with Gasteiger partial charge in [-0.05, 0) is 61.4 Å². The van der Waals surface area contributed by atoms with Crippen molar-refractivity contribution in [2.75, 3.05) is 17.8 Å². The Labute approximate surface area is 272 Å². The molecule has 0 spiro atoms. The average Bonchev–Trinajstić information content (AvgIpc) is 3.17. The molecule has 0 aliphatic carbocycles. The molecule has 4 aromatic carbocycles. The van der Waals surface area contributed by atoms with E-state index in [1.165, 1.54) is 30.0 Å². The molecular weight excluding hydrogens is 625 g/mol. The van der Waals surface area contributed by atoms with Crippen molar-refractivity contribution >= 4 is 45.2 Å². The van der Waals surface area contributed by atoms with Gasteiger partial charge in [-0.2, -0.15) is 0 Å². The quantitative estimate of drug-likeness (QED) is 0.241. The number of anilines is 1. The first-order valence-corrected chi connectivity index (χ1v) is 16.9. The Morgan fingerprint density at radius 2 is 1.65 bits per heavy atom. The lowest BCUT2D eigenvalue weighted by Gasteiger charge is -2.28. The summed E-state index contributed by atoms with van der Waals surface area (Å²) in [4.78, 5) is 41.7. The average molecular weight is 659 g/mol. The Balaban J connectivity index is 1.42. The minimum atomic E-state index is -4.20. The van der Waals surface area contributed by atoms with Gasteiger partial charge in [0.15, 0.2) is 0 Å². The van der Waals surface area contributed by atoms with E-state index < -0.39 is 33.4 Å². The Hall–Kier alpha value is -4.65. The summed E-state index contributed by atoms with van der Waals surface area (Å²) in [6.45, 7) is 3.34. The number of benzene rings is 4. The van der Waals surface area contributed by atoms with E-state index in [9.17, 15) is 22.8 Å². The molecule has 0 saturated heterocycles. The monoisotopic (exact) mass is 658 g/mol. The van der Waals surface area contributed by atoms with Gasteiger partial charge in [-0.15, -0.1) is 11.8 Å². The summed E-state index contributed by atoms with van der Waals surface area (Å²) in [6.07, 6.45) is 0. The largest absolute Gasteiger partial charge is 0.497 e. The predicted molar refractivity (Wildman–Crippen MR) is 178 cm³/mol. The van der Waals surface area contributed by atoms with E-state index in [2.05, 4.69) is 10.0 Å². The van der Waals surface area contributed by atoms with Gasteiger partial charge in [0.1, 0.15) is 11.8 Å². The van der Waals surface area contributed by atoms with Crippen LogP contribution in [-0.2, 0) is 26.2 Å². The maximum Gasteiger partial charge on any atom is 0.264 e. The summed E-state index contributed by atoms with van der Waals surface area (Å²) in [5, 5.41) is 2.81. The smallest absolute Gasteiger partial charge is 0.264 e. The summed E-state index contributed by atoms with van der Waals surface area (Å²) in [7, 11) is -2.63. The second-order valence-corrected chi connectivity index (χ2v) is 14.0. The minimum absolute atomic E-state index is 0.0453. The molecule has 46 heavy (non-hydrogen) atoms. The Bertz CT molecular complexity index is 1870. The fraction of sp³-hybridized carbons (Fsp3) is 0.206. The first kappa shape index (κ1) is 32.7. The van der Waals surface area contributed by atoms with Crippen molar-refractivity contribution in [3.63, 3.8) is 0 Å². The van der Waals surface area contributed by atoms with Gasteiger partial charge in [-0.25, -0.2) is 13.1 Å². The topological polar surface area (TPSA) is 148 Å². The van der Waals surface area contributed by atoms with Gasteiger partial charge in [0.25, 0.3) is 21.8 Å². The number of nitrogens with zero attached hydrogens (tertiary/aromatic N) is 1. The fourth-order valence-corrected chi connectivity index (χ4v) is 7.16. The van der Waals surface area contributed by atoms with E-state index >= 15 is 0 Å². The van der Waals surface area contributed by atoms with Gasteiger partial charge >= 0.3 is 0 Å². The zero-order chi connectivity index (χ0) is 33.1. The van der Waals surface area contributed by atoms with Gasteiger partial charge in [-0.3, -0.25) is 14.4 Å². The second-order valence-electron chi connectivity index (χ2n) is 11.3. The highest BCUT2D eigenvalue weighted by Crippen LogP contribution is 2.38. The Kier molecular flexibility index (Phi) is 9.52. The molecule has 1 heterocycles. The van der Waals surface area contributed by atoms with Crippen LogP contribution in [0.4, 0.5) is 5.69 Å². The number of thioether (sulfide) groups is 1. The molecule has 0 fully saturated rings. The SMILES string of the molecule is COc1ccc2c(c1)SC[C@@H](NC(=O)C(C)(C)N)C(=O)N2Cc1ccc(-c2ccccc2S(=O)(=O)NC(=O)c2ccccc2)cc1. The third-order valence-electron chi connectivity index (χ3n) is 7.36. The van der Waals surface area contributed by atoms with Crippen LogP contribution in [0.25, 0.3) is 11.1 Å². The highest BCUT2D eigenvalue weighted by atomic mass is 32.2. The van der Waals surface area contributed by atoms with E-state index in [1.54, 1.807) is 80.5 Å². The van der Waals surface area contributed by atoms with Gasteiger partial charge < -0.3 is 20.7 Å². The lowest BCUT2D eigenvalue weighted by Crippen LogP contribution is -2.56. The number of methoxy groups -OCH3 is 1. The molecular formula is C34H34N4O6S2. The normalized spacial score (nSPS) is 15.0. The highest BCUT2D eigenvalue weighted by Gasteiger charge is 2.35. The third-order valence-corrected chi connectivity index (χ3v) is 9.89.